The fraction of sp³-hybridized carbons (Fsp3) is 0. The number of aromatic nitrogens is 2. The zero-order valence-electron chi connectivity index (χ0n) is 11.5. The van der Waals surface area contributed by atoms with E-state index in [0.717, 1.165) is 5.56 Å². The first-order valence-electron chi connectivity index (χ1n) is 6.57. The van der Waals surface area contributed by atoms with Crippen molar-refractivity contribution in [2.24, 2.45) is 0 Å². The van der Waals surface area contributed by atoms with Gasteiger partial charge in [-0.05, 0) is 17.7 Å². The maximum absolute atomic E-state index is 12.5. The Kier molecular flexibility index (Phi) is 3.60. The van der Waals surface area contributed by atoms with E-state index >= 15 is 0 Å². The predicted octanol–water partition coefficient (Wildman–Crippen LogP) is 2.56. The van der Waals surface area contributed by atoms with Gasteiger partial charge in [0.25, 0.3) is 5.16 Å². The minimum absolute atomic E-state index is 0.135. The van der Waals surface area contributed by atoms with Crippen molar-refractivity contribution in [1.29, 1.82) is 0 Å². The first-order chi connectivity index (χ1) is 10.6. The molecule has 110 valence electrons. The van der Waals surface area contributed by atoms with Crippen LogP contribution >= 0.6 is 0 Å². The van der Waals surface area contributed by atoms with Crippen LogP contribution < -0.4 is 5.73 Å². The Morgan fingerprint density at radius 3 is 2.05 bits per heavy atom. The Labute approximate surface area is 128 Å². The number of hydrogen-bond donors (Lipinski definition) is 1. The Bertz CT molecular complexity index is 895. The number of nitrogens with two attached hydrogens (primary N) is 1. The van der Waals surface area contributed by atoms with E-state index in [-0.39, 0.29) is 15.9 Å². The molecule has 0 aliphatic carbocycles. The standard InChI is InChI=1S/C16H13N3O2S/c17-15-14(12-7-3-1-4-8-12)11-18-16(19-15)22(20,21)13-9-5-2-6-10-13/h1-11H,(H2,17,18,19). The van der Waals surface area contributed by atoms with Crippen molar-refractivity contribution in [3.05, 3.63) is 66.9 Å². The second-order valence-corrected chi connectivity index (χ2v) is 6.48. The van der Waals surface area contributed by atoms with Gasteiger partial charge in [-0.2, -0.15) is 0 Å². The molecule has 5 nitrogen and oxygen atoms in total. The highest BCUT2D eigenvalue weighted by Crippen LogP contribution is 2.25. The molecular formula is C16H13N3O2S. The van der Waals surface area contributed by atoms with Crippen LogP contribution in [0.5, 0.6) is 0 Å². The summed E-state index contributed by atoms with van der Waals surface area (Å²) < 4.78 is 24.9. The molecular weight excluding hydrogens is 298 g/mol. The molecule has 0 aliphatic rings. The van der Waals surface area contributed by atoms with E-state index in [4.69, 9.17) is 5.73 Å². The highest BCUT2D eigenvalue weighted by atomic mass is 32.2. The van der Waals surface area contributed by atoms with E-state index in [9.17, 15) is 8.42 Å². The molecule has 0 atom stereocenters. The van der Waals surface area contributed by atoms with Gasteiger partial charge in [-0.3, -0.25) is 0 Å². The average Bonchev–Trinajstić information content (AvgIpc) is 2.56. The summed E-state index contributed by atoms with van der Waals surface area (Å²) in [5.41, 5.74) is 7.35. The van der Waals surface area contributed by atoms with Crippen molar-refractivity contribution < 1.29 is 8.42 Å². The van der Waals surface area contributed by atoms with Crippen LogP contribution in [0.1, 0.15) is 0 Å². The topological polar surface area (TPSA) is 85.9 Å². The highest BCUT2D eigenvalue weighted by Gasteiger charge is 2.21. The van der Waals surface area contributed by atoms with Crippen LogP contribution in [-0.4, -0.2) is 18.4 Å². The molecule has 0 aliphatic heterocycles. The molecule has 0 radical (unpaired) electrons. The lowest BCUT2D eigenvalue weighted by Crippen LogP contribution is -2.09. The van der Waals surface area contributed by atoms with Crippen LogP contribution in [0.3, 0.4) is 0 Å². The molecule has 2 aromatic carbocycles. The summed E-state index contributed by atoms with van der Waals surface area (Å²) in [6.07, 6.45) is 1.44. The van der Waals surface area contributed by atoms with Crippen molar-refractivity contribution in [3.8, 4) is 11.1 Å². The lowest BCUT2D eigenvalue weighted by Gasteiger charge is -2.07. The van der Waals surface area contributed by atoms with Gasteiger partial charge in [0.1, 0.15) is 5.82 Å². The molecule has 1 aromatic heterocycles. The van der Waals surface area contributed by atoms with Crippen LogP contribution in [0.4, 0.5) is 5.82 Å². The number of sulfone groups is 1. The molecule has 22 heavy (non-hydrogen) atoms. The Morgan fingerprint density at radius 2 is 1.45 bits per heavy atom. The first-order valence-corrected chi connectivity index (χ1v) is 8.05. The maximum Gasteiger partial charge on any atom is 0.253 e. The Morgan fingerprint density at radius 1 is 0.864 bits per heavy atom. The van der Waals surface area contributed by atoms with Gasteiger partial charge in [0.15, 0.2) is 0 Å². The van der Waals surface area contributed by atoms with E-state index in [1.54, 1.807) is 18.2 Å². The number of nitrogen functional groups attached to an aromatic ring is 1. The molecule has 1 heterocycles. The normalized spacial score (nSPS) is 11.3. The first kappa shape index (κ1) is 14.2. The zero-order chi connectivity index (χ0) is 15.6. The molecule has 0 spiro atoms. The number of hydrogen-bond acceptors (Lipinski definition) is 5. The zero-order valence-corrected chi connectivity index (χ0v) is 12.4. The third kappa shape index (κ3) is 2.56. The minimum Gasteiger partial charge on any atom is -0.383 e. The molecule has 3 rings (SSSR count). The average molecular weight is 311 g/mol. The molecule has 0 fully saturated rings. The van der Waals surface area contributed by atoms with Crippen molar-refractivity contribution in [1.82, 2.24) is 9.97 Å². The van der Waals surface area contributed by atoms with Gasteiger partial charge in [0.2, 0.25) is 9.84 Å². The van der Waals surface area contributed by atoms with Gasteiger partial charge >= 0.3 is 0 Å². The van der Waals surface area contributed by atoms with Crippen molar-refractivity contribution in [2.75, 3.05) is 5.73 Å². The summed E-state index contributed by atoms with van der Waals surface area (Å²) in [5.74, 6) is 0.135. The number of nitrogens with zero attached hydrogens (tertiary/aromatic N) is 2. The summed E-state index contributed by atoms with van der Waals surface area (Å²) >= 11 is 0. The third-order valence-corrected chi connectivity index (χ3v) is 4.74. The number of benzene rings is 2. The lowest BCUT2D eigenvalue weighted by molar-refractivity contribution is 0.587. The van der Waals surface area contributed by atoms with Gasteiger partial charge in [-0.15, -0.1) is 0 Å². The van der Waals surface area contributed by atoms with Crippen LogP contribution in [0.2, 0.25) is 0 Å². The monoisotopic (exact) mass is 311 g/mol. The molecule has 0 saturated carbocycles. The van der Waals surface area contributed by atoms with Crippen LogP contribution in [-0.2, 0) is 9.84 Å². The second-order valence-electron chi connectivity index (χ2n) is 4.63. The SMILES string of the molecule is Nc1nc(S(=O)(=O)c2ccccc2)ncc1-c1ccccc1. The molecule has 2 N–H and O–H groups in total. The van der Waals surface area contributed by atoms with Gasteiger partial charge in [-0.1, -0.05) is 48.5 Å². The molecule has 0 bridgehead atoms. The largest absolute Gasteiger partial charge is 0.383 e. The van der Waals surface area contributed by atoms with Gasteiger partial charge in [0.05, 0.1) is 4.90 Å². The fourth-order valence-corrected chi connectivity index (χ4v) is 3.19. The molecule has 0 saturated heterocycles. The van der Waals surface area contributed by atoms with E-state index < -0.39 is 9.84 Å². The number of rotatable bonds is 3. The number of anilines is 1. The molecule has 3 aromatic rings. The Hall–Kier alpha value is -2.73. The van der Waals surface area contributed by atoms with E-state index in [2.05, 4.69) is 9.97 Å². The van der Waals surface area contributed by atoms with Crippen LogP contribution in [0.25, 0.3) is 11.1 Å². The van der Waals surface area contributed by atoms with E-state index in [1.165, 1.54) is 18.3 Å². The summed E-state index contributed by atoms with van der Waals surface area (Å²) in [4.78, 5) is 8.10. The second kappa shape index (κ2) is 5.57. The van der Waals surface area contributed by atoms with E-state index in [1.807, 2.05) is 30.3 Å². The van der Waals surface area contributed by atoms with Gasteiger partial charge in [-0.25, -0.2) is 18.4 Å². The van der Waals surface area contributed by atoms with Gasteiger partial charge < -0.3 is 5.73 Å². The summed E-state index contributed by atoms with van der Waals surface area (Å²) in [5, 5.41) is -0.295. The molecule has 0 amide bonds. The van der Waals surface area contributed by atoms with Crippen LogP contribution in [0, 0.1) is 0 Å². The predicted molar refractivity (Wildman–Crippen MR) is 83.8 cm³/mol. The van der Waals surface area contributed by atoms with Gasteiger partial charge in [0, 0.05) is 11.8 Å². The third-order valence-electron chi connectivity index (χ3n) is 3.17. The van der Waals surface area contributed by atoms with Crippen molar-refractivity contribution in [3.63, 3.8) is 0 Å². The van der Waals surface area contributed by atoms with E-state index in [0.29, 0.717) is 5.56 Å². The lowest BCUT2D eigenvalue weighted by atomic mass is 10.1. The summed E-state index contributed by atoms with van der Waals surface area (Å²) in [7, 11) is -3.76. The fourth-order valence-electron chi connectivity index (χ4n) is 2.05. The Balaban J connectivity index is 2.07. The van der Waals surface area contributed by atoms with Crippen LogP contribution in [0.15, 0.2) is 76.9 Å². The molecule has 6 heteroatoms. The molecule has 0 unspecified atom stereocenters. The summed E-state index contributed by atoms with van der Waals surface area (Å²) in [6.45, 7) is 0. The van der Waals surface area contributed by atoms with Crippen molar-refractivity contribution >= 4 is 15.7 Å². The smallest absolute Gasteiger partial charge is 0.253 e. The minimum atomic E-state index is -3.76. The maximum atomic E-state index is 12.5. The quantitative estimate of drug-likeness (QED) is 0.751. The highest BCUT2D eigenvalue weighted by molar-refractivity contribution is 7.91. The summed E-state index contributed by atoms with van der Waals surface area (Å²) in [6, 6.07) is 17.4. The van der Waals surface area contributed by atoms with Crippen molar-refractivity contribution in [2.45, 2.75) is 10.1 Å².